The van der Waals surface area contributed by atoms with Crippen molar-refractivity contribution < 1.29 is 47.2 Å². The van der Waals surface area contributed by atoms with Crippen molar-refractivity contribution in [1.29, 1.82) is 0 Å². The molecule has 264 valence electrons. The Morgan fingerprint density at radius 2 is 1.55 bits per heavy atom. The quantitative estimate of drug-likeness (QED) is 0.314. The predicted molar refractivity (Wildman–Crippen MR) is 171 cm³/mol. The number of aliphatic hydroxyl groups excluding tert-OH is 1. The minimum Gasteiger partial charge on any atom is -0.385 e. The van der Waals surface area contributed by atoms with Gasteiger partial charge in [0.15, 0.2) is 6.23 Å². The zero-order valence-electron chi connectivity index (χ0n) is 26.7. The van der Waals surface area contributed by atoms with Crippen LogP contribution in [-0.2, 0) is 40.2 Å². The molecule has 2 aliphatic heterocycles. The minimum atomic E-state index is -5.26. The molecule has 0 amide bonds. The van der Waals surface area contributed by atoms with E-state index in [9.17, 15) is 38.7 Å². The van der Waals surface area contributed by atoms with Gasteiger partial charge >= 0.3 is 21.3 Å². The van der Waals surface area contributed by atoms with E-state index >= 15 is 0 Å². The number of fused-ring (bicyclic) bond motifs is 1. The smallest absolute Gasteiger partial charge is 0.385 e. The molecule has 0 spiro atoms. The van der Waals surface area contributed by atoms with Gasteiger partial charge in [0, 0.05) is 31.9 Å². The molecular formula is C29H46N4O12P2. The first-order valence-electron chi connectivity index (χ1n) is 15.8. The van der Waals surface area contributed by atoms with Gasteiger partial charge in [-0.05, 0) is 57.4 Å². The van der Waals surface area contributed by atoms with E-state index in [4.69, 9.17) is 13.8 Å². The number of hydrogen-bond donors (Lipinski definition) is 4. The Morgan fingerprint density at radius 1 is 0.915 bits per heavy atom. The summed E-state index contributed by atoms with van der Waals surface area (Å²) in [4.78, 5) is 50.7. The zero-order chi connectivity index (χ0) is 34.2. The van der Waals surface area contributed by atoms with Gasteiger partial charge in [-0.1, -0.05) is 44.2 Å². The average molecular weight is 705 g/mol. The van der Waals surface area contributed by atoms with Crippen LogP contribution in [0.4, 0.5) is 0 Å². The molecule has 16 nitrogen and oxygen atoms in total. The molecule has 0 bridgehead atoms. The molecule has 2 aromatic rings. The lowest BCUT2D eigenvalue weighted by Gasteiger charge is -2.33. The third-order valence-electron chi connectivity index (χ3n) is 8.66. The maximum atomic E-state index is 13.5. The van der Waals surface area contributed by atoms with E-state index in [0.29, 0.717) is 45.7 Å². The van der Waals surface area contributed by atoms with E-state index in [1.807, 2.05) is 49.1 Å². The number of ether oxygens (including phenoxy) is 1. The summed E-state index contributed by atoms with van der Waals surface area (Å²) in [5, 5.41) is 23.4. The molecule has 4 N–H and O–H groups in total. The highest BCUT2D eigenvalue weighted by Gasteiger charge is 2.56. The lowest BCUT2D eigenvalue weighted by molar-refractivity contribution is -0.0993. The molecule has 47 heavy (non-hydrogen) atoms. The van der Waals surface area contributed by atoms with Gasteiger partial charge in [-0.3, -0.25) is 23.0 Å². The molecule has 1 aromatic heterocycles. The van der Waals surface area contributed by atoms with E-state index in [-0.39, 0.29) is 19.6 Å². The fourth-order valence-corrected chi connectivity index (χ4v) is 7.87. The number of phosphoric acid groups is 2. The van der Waals surface area contributed by atoms with Crippen LogP contribution < -0.4 is 11.2 Å². The van der Waals surface area contributed by atoms with Gasteiger partial charge in [-0.2, -0.15) is 4.31 Å². The van der Waals surface area contributed by atoms with Gasteiger partial charge < -0.3 is 34.5 Å². The van der Waals surface area contributed by atoms with Crippen LogP contribution in [0.3, 0.4) is 0 Å². The number of hydrogen-bond acceptors (Lipinski definition) is 12. The molecule has 6 atom stereocenters. The molecule has 0 aliphatic carbocycles. The SMILES string of the molecule is CCN1CCCCN(CC)CC[C@@]2(O)C(COP(=O)(O)OP(=O)(O)OCC1)OC(n1ccc(=O)n(CCc3ccccc3)c1=O)C2O. The number of nitrogens with zero attached hydrogens (tertiary/aromatic N) is 4. The summed E-state index contributed by atoms with van der Waals surface area (Å²) in [6.45, 7) is 6.06. The molecule has 4 rings (SSSR count). The van der Waals surface area contributed by atoms with E-state index in [0.717, 1.165) is 39.8 Å². The van der Waals surface area contributed by atoms with E-state index in [1.54, 1.807) is 0 Å². The van der Waals surface area contributed by atoms with Crippen LogP contribution in [0.15, 0.2) is 52.2 Å². The summed E-state index contributed by atoms with van der Waals surface area (Å²) in [6, 6.07) is 10.4. The van der Waals surface area contributed by atoms with Crippen molar-refractivity contribution in [3.63, 3.8) is 0 Å². The second-order valence-electron chi connectivity index (χ2n) is 11.7. The molecule has 1 aromatic carbocycles. The molecule has 2 saturated heterocycles. The van der Waals surface area contributed by atoms with E-state index < -0.39 is 57.5 Å². The topological polar surface area (TPSA) is 202 Å². The second-order valence-corrected chi connectivity index (χ2v) is 14.7. The van der Waals surface area contributed by atoms with Crippen molar-refractivity contribution in [2.75, 3.05) is 52.5 Å². The number of benzene rings is 1. The van der Waals surface area contributed by atoms with Crippen molar-refractivity contribution in [2.45, 2.75) is 70.1 Å². The normalized spacial score (nSPS) is 32.8. The Balaban J connectivity index is 1.61. The van der Waals surface area contributed by atoms with Crippen LogP contribution in [0.1, 0.15) is 44.9 Å². The molecular weight excluding hydrogens is 658 g/mol. The standard InChI is InChI=1S/C29H46N4O12P2/c1-3-30-15-8-9-16-31(4-2)20-21-42-46(38,39)45-47(40,41)43-22-24-29(37,14-19-30)26(35)27(44-24)33-18-13-25(34)32(28(33)36)17-12-23-10-6-5-7-11-23/h5-7,10-11,13,18,24,26-27,35,37H,3-4,8-9,12,14-17,19-22H2,1-2H3,(H,38,39)(H,40,41)/t24?,26?,27?,29-/m1/s1. The van der Waals surface area contributed by atoms with Gasteiger partial charge in [0.25, 0.3) is 5.56 Å². The largest absolute Gasteiger partial charge is 0.481 e. The van der Waals surface area contributed by atoms with Crippen molar-refractivity contribution in [1.82, 2.24) is 18.9 Å². The van der Waals surface area contributed by atoms with Gasteiger partial charge in [0.2, 0.25) is 0 Å². The summed E-state index contributed by atoms with van der Waals surface area (Å²) in [5.41, 5.74) is -2.58. The van der Waals surface area contributed by atoms with Crippen LogP contribution in [-0.4, -0.2) is 109 Å². The Labute approximate surface area is 273 Å². The third-order valence-corrected chi connectivity index (χ3v) is 11.3. The van der Waals surface area contributed by atoms with Crippen LogP contribution in [0, 0.1) is 0 Å². The molecule has 0 saturated carbocycles. The van der Waals surface area contributed by atoms with Crippen LogP contribution in [0.5, 0.6) is 0 Å². The summed E-state index contributed by atoms with van der Waals surface area (Å²) in [7, 11) is -10.3. The minimum absolute atomic E-state index is 0.0396. The number of likely N-dealkylation sites (N-methyl/N-ethyl adjacent to an activating group) is 1. The monoisotopic (exact) mass is 704 g/mol. The van der Waals surface area contributed by atoms with Crippen molar-refractivity contribution in [3.8, 4) is 0 Å². The summed E-state index contributed by atoms with van der Waals surface area (Å²) in [6.07, 6.45) is -1.70. The van der Waals surface area contributed by atoms with Crippen molar-refractivity contribution >= 4 is 15.6 Å². The summed E-state index contributed by atoms with van der Waals surface area (Å²) < 4.78 is 47.4. The first-order valence-corrected chi connectivity index (χ1v) is 18.8. The molecule has 3 heterocycles. The Morgan fingerprint density at radius 3 is 2.21 bits per heavy atom. The van der Waals surface area contributed by atoms with E-state index in [1.165, 1.54) is 0 Å². The Hall–Kier alpha value is -2.04. The average Bonchev–Trinajstić information content (AvgIpc) is 3.27. The lowest BCUT2D eigenvalue weighted by Crippen LogP contribution is -2.52. The highest BCUT2D eigenvalue weighted by molar-refractivity contribution is 7.61. The van der Waals surface area contributed by atoms with E-state index in [2.05, 4.69) is 9.21 Å². The Bertz CT molecular complexity index is 1520. The molecule has 0 radical (unpaired) electrons. The number of rotatable bonds is 6. The maximum absolute atomic E-state index is 13.5. The fraction of sp³-hybridized carbons (Fsp3) is 0.655. The fourth-order valence-electron chi connectivity index (χ4n) is 5.81. The molecule has 18 heteroatoms. The number of aromatic nitrogens is 2. The molecule has 2 aliphatic rings. The first-order chi connectivity index (χ1) is 22.3. The Kier molecular flexibility index (Phi) is 13.3. The van der Waals surface area contributed by atoms with Gasteiger partial charge in [0.05, 0.1) is 13.2 Å². The lowest BCUT2D eigenvalue weighted by atomic mass is 9.88. The second kappa shape index (κ2) is 16.6. The molecule has 5 unspecified atom stereocenters. The van der Waals surface area contributed by atoms with Gasteiger partial charge in [-0.25, -0.2) is 13.9 Å². The zero-order valence-corrected chi connectivity index (χ0v) is 28.5. The third kappa shape index (κ3) is 10.0. The summed E-state index contributed by atoms with van der Waals surface area (Å²) >= 11 is 0. The number of phosphoric ester groups is 2. The predicted octanol–water partition coefficient (Wildman–Crippen LogP) is 1.32. The van der Waals surface area contributed by atoms with Crippen LogP contribution in [0.25, 0.3) is 0 Å². The number of aryl methyl sites for hydroxylation is 1. The molecule has 2 fully saturated rings. The highest BCUT2D eigenvalue weighted by Crippen LogP contribution is 2.60. The summed E-state index contributed by atoms with van der Waals surface area (Å²) in [5.74, 6) is 0. The first kappa shape index (κ1) is 37.8. The van der Waals surface area contributed by atoms with Crippen LogP contribution >= 0.6 is 15.6 Å². The van der Waals surface area contributed by atoms with Crippen LogP contribution in [0.2, 0.25) is 0 Å². The highest BCUT2D eigenvalue weighted by atomic mass is 31.3. The van der Waals surface area contributed by atoms with Gasteiger partial charge in [-0.15, -0.1) is 0 Å². The van der Waals surface area contributed by atoms with Crippen molar-refractivity contribution in [3.05, 3.63) is 69.0 Å². The maximum Gasteiger partial charge on any atom is 0.481 e. The number of aliphatic hydroxyl groups is 2. The van der Waals surface area contributed by atoms with Crippen molar-refractivity contribution in [2.24, 2.45) is 0 Å². The van der Waals surface area contributed by atoms with Gasteiger partial charge in [0.1, 0.15) is 17.8 Å².